The molecule has 1 heterocycles. The molecule has 4 heteroatoms. The number of hydrogen-bond donors (Lipinski definition) is 1. The van der Waals surface area contributed by atoms with Crippen LogP contribution in [0.1, 0.15) is 34.0 Å². The predicted molar refractivity (Wildman–Crippen MR) is 120 cm³/mol. The maximum atomic E-state index is 9.70. The van der Waals surface area contributed by atoms with Crippen molar-refractivity contribution >= 4 is 0 Å². The second-order valence-electron chi connectivity index (χ2n) is 7.46. The summed E-state index contributed by atoms with van der Waals surface area (Å²) in [4.78, 5) is 4.32. The summed E-state index contributed by atoms with van der Waals surface area (Å²) in [6, 6.07) is 26.9. The molecule has 1 atom stereocenters. The Kier molecular flexibility index (Phi) is 5.74. The third kappa shape index (κ3) is 4.03. The van der Waals surface area contributed by atoms with Gasteiger partial charge in [0, 0.05) is 19.2 Å². The zero-order chi connectivity index (χ0) is 20.9. The van der Waals surface area contributed by atoms with Crippen molar-refractivity contribution in [1.29, 1.82) is 5.26 Å². The third-order valence-corrected chi connectivity index (χ3v) is 5.44. The Morgan fingerprint density at radius 1 is 1.00 bits per heavy atom. The molecule has 0 aliphatic carbocycles. The molecule has 1 unspecified atom stereocenters. The van der Waals surface area contributed by atoms with Gasteiger partial charge in [0.1, 0.15) is 0 Å². The van der Waals surface area contributed by atoms with Gasteiger partial charge in [-0.2, -0.15) is 5.26 Å². The Labute approximate surface area is 177 Å². The first kappa shape index (κ1) is 19.6. The summed E-state index contributed by atoms with van der Waals surface area (Å²) in [6.45, 7) is 2.81. The fraction of sp³-hybridized carbons (Fsp3) is 0.154. The van der Waals surface area contributed by atoms with E-state index in [9.17, 15) is 5.26 Å². The highest BCUT2D eigenvalue weighted by Gasteiger charge is 2.19. The Morgan fingerprint density at radius 2 is 1.77 bits per heavy atom. The minimum Gasteiger partial charge on any atom is -0.336 e. The molecule has 0 saturated carbocycles. The van der Waals surface area contributed by atoms with Gasteiger partial charge in [0.15, 0.2) is 0 Å². The highest BCUT2D eigenvalue weighted by atomic mass is 15.1. The highest BCUT2D eigenvalue weighted by molar-refractivity contribution is 5.74. The number of aromatic nitrogens is 2. The van der Waals surface area contributed by atoms with Crippen LogP contribution < -0.4 is 5.32 Å². The normalized spacial score (nSPS) is 11.8. The molecule has 30 heavy (non-hydrogen) atoms. The lowest BCUT2D eigenvalue weighted by atomic mass is 9.92. The zero-order valence-electron chi connectivity index (χ0n) is 17.2. The lowest BCUT2D eigenvalue weighted by Gasteiger charge is -2.21. The SMILES string of the molecule is Cc1ccccc1-c1cc(C(NCc2ccccc2)c2cncn2C)ccc1C#N. The van der Waals surface area contributed by atoms with Gasteiger partial charge in [0.25, 0.3) is 0 Å². The molecule has 4 aromatic rings. The summed E-state index contributed by atoms with van der Waals surface area (Å²) in [5.74, 6) is 0. The van der Waals surface area contributed by atoms with Crippen LogP contribution in [0.5, 0.6) is 0 Å². The summed E-state index contributed by atoms with van der Waals surface area (Å²) < 4.78 is 2.04. The molecule has 0 fully saturated rings. The molecule has 0 aliphatic rings. The van der Waals surface area contributed by atoms with Gasteiger partial charge in [-0.15, -0.1) is 0 Å². The van der Waals surface area contributed by atoms with E-state index in [1.165, 1.54) is 5.56 Å². The number of imidazole rings is 1. The first-order chi connectivity index (χ1) is 14.7. The van der Waals surface area contributed by atoms with Crippen molar-refractivity contribution < 1.29 is 0 Å². The van der Waals surface area contributed by atoms with Crippen LogP contribution in [-0.4, -0.2) is 9.55 Å². The summed E-state index contributed by atoms with van der Waals surface area (Å²) in [5.41, 5.74) is 7.28. The maximum absolute atomic E-state index is 9.70. The predicted octanol–water partition coefficient (Wildman–Crippen LogP) is 5.15. The van der Waals surface area contributed by atoms with E-state index in [1.54, 1.807) is 0 Å². The molecule has 4 rings (SSSR count). The molecule has 148 valence electrons. The van der Waals surface area contributed by atoms with E-state index in [0.29, 0.717) is 5.56 Å². The van der Waals surface area contributed by atoms with Crippen LogP contribution in [-0.2, 0) is 13.6 Å². The van der Waals surface area contributed by atoms with E-state index in [2.05, 4.69) is 53.6 Å². The molecule has 4 nitrogen and oxygen atoms in total. The molecule has 0 radical (unpaired) electrons. The number of nitrogens with zero attached hydrogens (tertiary/aromatic N) is 3. The Balaban J connectivity index is 1.77. The Bertz CT molecular complexity index is 1190. The van der Waals surface area contributed by atoms with Crippen LogP contribution in [0.15, 0.2) is 85.3 Å². The van der Waals surface area contributed by atoms with Crippen LogP contribution >= 0.6 is 0 Å². The van der Waals surface area contributed by atoms with E-state index < -0.39 is 0 Å². The summed E-state index contributed by atoms with van der Waals surface area (Å²) in [5, 5.41) is 13.4. The van der Waals surface area contributed by atoms with E-state index >= 15 is 0 Å². The number of nitriles is 1. The molecule has 1 aromatic heterocycles. The van der Waals surface area contributed by atoms with Crippen molar-refractivity contribution in [1.82, 2.24) is 14.9 Å². The van der Waals surface area contributed by atoms with E-state index in [4.69, 9.17) is 0 Å². The average Bonchev–Trinajstić information content (AvgIpc) is 3.20. The van der Waals surface area contributed by atoms with Crippen molar-refractivity contribution in [3.05, 3.63) is 113 Å². The first-order valence-electron chi connectivity index (χ1n) is 10.0. The van der Waals surface area contributed by atoms with Gasteiger partial charge < -0.3 is 9.88 Å². The minimum atomic E-state index is -0.0479. The number of aryl methyl sites for hydroxylation is 2. The molecule has 0 bridgehead atoms. The second kappa shape index (κ2) is 8.77. The fourth-order valence-electron chi connectivity index (χ4n) is 3.79. The van der Waals surface area contributed by atoms with Crippen molar-refractivity contribution in [2.75, 3.05) is 0 Å². The van der Waals surface area contributed by atoms with Crippen molar-refractivity contribution in [2.24, 2.45) is 7.05 Å². The molecule has 0 aliphatic heterocycles. The fourth-order valence-corrected chi connectivity index (χ4v) is 3.79. The van der Waals surface area contributed by atoms with E-state index in [1.807, 2.05) is 66.6 Å². The van der Waals surface area contributed by atoms with E-state index in [-0.39, 0.29) is 6.04 Å². The third-order valence-electron chi connectivity index (χ3n) is 5.44. The summed E-state index contributed by atoms with van der Waals surface area (Å²) in [6.07, 6.45) is 3.72. The van der Waals surface area contributed by atoms with E-state index in [0.717, 1.165) is 34.5 Å². The quantitative estimate of drug-likeness (QED) is 0.494. The van der Waals surface area contributed by atoms with Crippen molar-refractivity contribution in [3.8, 4) is 17.2 Å². The zero-order valence-corrected chi connectivity index (χ0v) is 17.2. The molecular formula is C26H24N4. The highest BCUT2D eigenvalue weighted by Crippen LogP contribution is 2.31. The van der Waals surface area contributed by atoms with Gasteiger partial charge in [-0.05, 0) is 41.3 Å². The van der Waals surface area contributed by atoms with Crippen LogP contribution in [0.2, 0.25) is 0 Å². The Hall–Kier alpha value is -3.68. The largest absolute Gasteiger partial charge is 0.336 e. The second-order valence-corrected chi connectivity index (χ2v) is 7.46. The standard InChI is InChI=1S/C26H24N4/c1-19-8-6-7-11-23(19)24-14-21(12-13-22(24)15-27)26(25-17-28-18-30(25)2)29-16-20-9-4-3-5-10-20/h3-14,17-18,26,29H,16H2,1-2H3. The van der Waals surface area contributed by atoms with Crippen LogP contribution in [0, 0.1) is 18.3 Å². The molecular weight excluding hydrogens is 368 g/mol. The Morgan fingerprint density at radius 3 is 2.47 bits per heavy atom. The summed E-state index contributed by atoms with van der Waals surface area (Å²) in [7, 11) is 2.01. The average molecular weight is 393 g/mol. The van der Waals surface area contributed by atoms with Crippen LogP contribution in [0.4, 0.5) is 0 Å². The molecule has 0 spiro atoms. The molecule has 1 N–H and O–H groups in total. The molecule has 0 amide bonds. The number of benzene rings is 3. The minimum absolute atomic E-state index is 0.0479. The van der Waals surface area contributed by atoms with Gasteiger partial charge >= 0.3 is 0 Å². The number of rotatable bonds is 6. The van der Waals surface area contributed by atoms with Crippen LogP contribution in [0.3, 0.4) is 0 Å². The van der Waals surface area contributed by atoms with Crippen molar-refractivity contribution in [2.45, 2.75) is 19.5 Å². The lowest BCUT2D eigenvalue weighted by molar-refractivity contribution is 0.573. The maximum Gasteiger partial charge on any atom is 0.0998 e. The van der Waals surface area contributed by atoms with Gasteiger partial charge in [-0.1, -0.05) is 60.7 Å². The van der Waals surface area contributed by atoms with Gasteiger partial charge in [0.2, 0.25) is 0 Å². The summed E-state index contributed by atoms with van der Waals surface area (Å²) >= 11 is 0. The topological polar surface area (TPSA) is 53.6 Å². The van der Waals surface area contributed by atoms with Gasteiger partial charge in [-0.25, -0.2) is 4.98 Å². The number of hydrogen-bond acceptors (Lipinski definition) is 3. The smallest absolute Gasteiger partial charge is 0.0998 e. The van der Waals surface area contributed by atoms with Crippen molar-refractivity contribution in [3.63, 3.8) is 0 Å². The monoisotopic (exact) mass is 392 g/mol. The van der Waals surface area contributed by atoms with Gasteiger partial charge in [0.05, 0.1) is 35.9 Å². The number of nitrogens with one attached hydrogen (secondary N) is 1. The van der Waals surface area contributed by atoms with Gasteiger partial charge in [-0.3, -0.25) is 0 Å². The van der Waals surface area contributed by atoms with Crippen LogP contribution in [0.25, 0.3) is 11.1 Å². The lowest BCUT2D eigenvalue weighted by Crippen LogP contribution is -2.24. The molecule has 0 saturated heterocycles. The first-order valence-corrected chi connectivity index (χ1v) is 10.0. The molecule has 3 aromatic carbocycles.